The third-order valence-electron chi connectivity index (χ3n) is 8.01. The van der Waals surface area contributed by atoms with Crippen LogP contribution in [0.1, 0.15) is 71.7 Å². The summed E-state index contributed by atoms with van der Waals surface area (Å²) in [5, 5.41) is 0. The minimum absolute atomic E-state index is 0.0187. The fourth-order valence-corrected chi connectivity index (χ4v) is 5.66. The number of hydrogen-bond donors (Lipinski definition) is 0. The highest BCUT2D eigenvalue weighted by molar-refractivity contribution is 6.01. The molecule has 254 valence electrons. The second-order valence-corrected chi connectivity index (χ2v) is 11.5. The molecule has 3 aromatic rings. The average Bonchev–Trinajstić information content (AvgIpc) is 2.99. The summed E-state index contributed by atoms with van der Waals surface area (Å²) in [6, 6.07) is 9.09. The van der Waals surface area contributed by atoms with Crippen molar-refractivity contribution in [2.75, 3.05) is 19.8 Å². The molecule has 0 saturated carbocycles. The van der Waals surface area contributed by atoms with Gasteiger partial charge in [0.05, 0.1) is 34.7 Å². The Balaban J connectivity index is 1.93. The maximum Gasteiger partial charge on any atom is 0.418 e. The number of rotatable bonds is 5. The van der Waals surface area contributed by atoms with Crippen LogP contribution in [-0.2, 0) is 31.4 Å². The highest BCUT2D eigenvalue weighted by Gasteiger charge is 2.39. The van der Waals surface area contributed by atoms with Crippen molar-refractivity contribution in [3.05, 3.63) is 93.0 Å². The summed E-state index contributed by atoms with van der Waals surface area (Å²) in [4.78, 5) is 12.3. The molecule has 0 spiro atoms. The SMILES string of the molecule is CCc1cccc(CC)c1/N=C(\C)N1CCCN(/C(=N/c2c(C)cc(C)cc2C(F)(F)F)c2cc(C(F)(F)F)cc(C(F)(F)F)c2)C1. The van der Waals surface area contributed by atoms with Gasteiger partial charge in [0.2, 0.25) is 0 Å². The van der Waals surface area contributed by atoms with Crippen LogP contribution >= 0.6 is 0 Å². The zero-order valence-corrected chi connectivity index (χ0v) is 26.6. The number of benzene rings is 3. The van der Waals surface area contributed by atoms with E-state index in [1.54, 1.807) is 11.8 Å². The molecule has 4 nitrogen and oxygen atoms in total. The van der Waals surface area contributed by atoms with E-state index in [2.05, 4.69) is 4.99 Å². The molecule has 1 aliphatic heterocycles. The van der Waals surface area contributed by atoms with Gasteiger partial charge < -0.3 is 9.80 Å². The van der Waals surface area contributed by atoms with Crippen molar-refractivity contribution in [2.45, 2.75) is 72.4 Å². The highest BCUT2D eigenvalue weighted by atomic mass is 19.4. The summed E-state index contributed by atoms with van der Waals surface area (Å²) in [7, 11) is 0. The van der Waals surface area contributed by atoms with Crippen molar-refractivity contribution in [3.8, 4) is 0 Å². The van der Waals surface area contributed by atoms with Gasteiger partial charge in [-0.25, -0.2) is 9.98 Å². The van der Waals surface area contributed by atoms with Gasteiger partial charge in [0.25, 0.3) is 0 Å². The molecule has 0 aliphatic carbocycles. The van der Waals surface area contributed by atoms with E-state index in [9.17, 15) is 39.5 Å². The van der Waals surface area contributed by atoms with E-state index in [4.69, 9.17) is 4.99 Å². The third kappa shape index (κ3) is 8.28. The van der Waals surface area contributed by atoms with Gasteiger partial charge in [-0.1, -0.05) is 43.7 Å². The van der Waals surface area contributed by atoms with E-state index in [0.29, 0.717) is 43.8 Å². The number of nitrogens with zero attached hydrogens (tertiary/aromatic N) is 4. The molecule has 1 heterocycles. The zero-order chi connectivity index (χ0) is 34.9. The van der Waals surface area contributed by atoms with Crippen LogP contribution in [0.3, 0.4) is 0 Å². The van der Waals surface area contributed by atoms with Crippen LogP contribution in [0, 0.1) is 13.8 Å². The molecule has 0 unspecified atom stereocenters. The Kier molecular flexibility index (Phi) is 10.4. The number of aliphatic imine (C=N–C) groups is 2. The first-order chi connectivity index (χ1) is 21.8. The summed E-state index contributed by atoms with van der Waals surface area (Å²) < 4.78 is 126. The summed E-state index contributed by atoms with van der Waals surface area (Å²) in [5.41, 5.74) is -2.43. The van der Waals surface area contributed by atoms with Crippen molar-refractivity contribution in [3.63, 3.8) is 0 Å². The first kappa shape index (κ1) is 35.8. The van der Waals surface area contributed by atoms with Gasteiger partial charge in [-0.15, -0.1) is 0 Å². The Morgan fingerprint density at radius 2 is 1.26 bits per heavy atom. The van der Waals surface area contributed by atoms with Gasteiger partial charge in [0, 0.05) is 18.7 Å². The third-order valence-corrected chi connectivity index (χ3v) is 8.01. The number of para-hydroxylation sites is 1. The van der Waals surface area contributed by atoms with E-state index in [0.717, 1.165) is 22.9 Å². The topological polar surface area (TPSA) is 31.2 Å². The molecular formula is C34H35F9N4. The van der Waals surface area contributed by atoms with Crippen LogP contribution in [0.5, 0.6) is 0 Å². The molecule has 0 N–H and O–H groups in total. The van der Waals surface area contributed by atoms with Crippen molar-refractivity contribution >= 4 is 23.0 Å². The van der Waals surface area contributed by atoms with Crippen LogP contribution in [-0.4, -0.2) is 41.2 Å². The summed E-state index contributed by atoms with van der Waals surface area (Å²) in [6.45, 7) is 8.99. The maximum absolute atomic E-state index is 14.2. The minimum atomic E-state index is -5.17. The van der Waals surface area contributed by atoms with Gasteiger partial charge in [-0.3, -0.25) is 0 Å². The van der Waals surface area contributed by atoms with Crippen molar-refractivity contribution in [2.24, 2.45) is 9.98 Å². The maximum atomic E-state index is 14.2. The molecule has 0 atom stereocenters. The smallest absolute Gasteiger partial charge is 0.342 e. The molecule has 4 rings (SSSR count). The van der Waals surface area contributed by atoms with Gasteiger partial charge in [-0.05, 0) is 81.0 Å². The van der Waals surface area contributed by atoms with E-state index < -0.39 is 52.3 Å². The molecular weight excluding hydrogens is 635 g/mol. The predicted octanol–water partition coefficient (Wildman–Crippen LogP) is 10.3. The average molecular weight is 671 g/mol. The number of amidine groups is 2. The number of aryl methyl sites for hydroxylation is 4. The lowest BCUT2D eigenvalue weighted by Gasteiger charge is -2.39. The lowest BCUT2D eigenvalue weighted by Crippen LogP contribution is -2.49. The molecule has 0 radical (unpaired) electrons. The van der Waals surface area contributed by atoms with Crippen LogP contribution in [0.2, 0.25) is 0 Å². The van der Waals surface area contributed by atoms with Crippen molar-refractivity contribution in [1.29, 1.82) is 0 Å². The van der Waals surface area contributed by atoms with E-state index in [1.807, 2.05) is 32.0 Å². The predicted molar refractivity (Wildman–Crippen MR) is 164 cm³/mol. The molecule has 1 fully saturated rings. The van der Waals surface area contributed by atoms with E-state index >= 15 is 0 Å². The summed E-state index contributed by atoms with van der Waals surface area (Å²) in [5.74, 6) is 0.0897. The molecule has 3 aromatic carbocycles. The standard InChI is InChI=1S/C34H35F9N4/c1-6-23-10-8-11-24(7-2)30(23)44-22(5)46-12-9-13-47(19-46)31(45-29-21(4)14-20(3)15-28(29)34(41,42)43)25-16-26(32(35,36)37)18-27(17-25)33(38,39)40/h8,10-11,14-18H,6-7,9,12-13,19H2,1-5H3/b44-22+,45-31+. The summed E-state index contributed by atoms with van der Waals surface area (Å²) in [6.07, 6.45) is -13.4. The Morgan fingerprint density at radius 1 is 0.702 bits per heavy atom. The number of hydrogen-bond acceptors (Lipinski definition) is 2. The number of alkyl halides is 9. The van der Waals surface area contributed by atoms with Crippen LogP contribution in [0.15, 0.2) is 58.5 Å². The Morgan fingerprint density at radius 3 is 1.77 bits per heavy atom. The second kappa shape index (κ2) is 13.6. The Bertz CT molecular complexity index is 1610. The van der Waals surface area contributed by atoms with Gasteiger partial charge in [-0.2, -0.15) is 39.5 Å². The lowest BCUT2D eigenvalue weighted by molar-refractivity contribution is -0.143. The van der Waals surface area contributed by atoms with Crippen LogP contribution < -0.4 is 0 Å². The Hall–Kier alpha value is -4.03. The van der Waals surface area contributed by atoms with Crippen molar-refractivity contribution in [1.82, 2.24) is 9.80 Å². The molecule has 1 saturated heterocycles. The fraction of sp³-hybridized carbons (Fsp3) is 0.412. The van der Waals surface area contributed by atoms with Gasteiger partial charge in [0.1, 0.15) is 11.7 Å². The monoisotopic (exact) mass is 670 g/mol. The van der Waals surface area contributed by atoms with Crippen LogP contribution in [0.25, 0.3) is 0 Å². The minimum Gasteiger partial charge on any atom is -0.342 e. The first-order valence-corrected chi connectivity index (χ1v) is 15.1. The fourth-order valence-electron chi connectivity index (χ4n) is 5.66. The van der Waals surface area contributed by atoms with Crippen LogP contribution in [0.4, 0.5) is 50.9 Å². The first-order valence-electron chi connectivity index (χ1n) is 15.1. The Labute approximate surface area is 267 Å². The zero-order valence-electron chi connectivity index (χ0n) is 26.6. The second-order valence-electron chi connectivity index (χ2n) is 11.5. The van der Waals surface area contributed by atoms with Gasteiger partial charge in [0.15, 0.2) is 0 Å². The molecule has 0 aromatic heterocycles. The molecule has 1 aliphatic rings. The molecule has 47 heavy (non-hydrogen) atoms. The number of halogens is 9. The quantitative estimate of drug-likeness (QED) is 0.154. The lowest BCUT2D eigenvalue weighted by atomic mass is 10.0. The van der Waals surface area contributed by atoms with E-state index in [1.165, 1.54) is 24.8 Å². The molecule has 13 heteroatoms. The normalized spacial score (nSPS) is 15.4. The van der Waals surface area contributed by atoms with E-state index in [-0.39, 0.29) is 30.4 Å². The molecule has 0 amide bonds. The highest BCUT2D eigenvalue weighted by Crippen LogP contribution is 2.41. The van der Waals surface area contributed by atoms with Gasteiger partial charge >= 0.3 is 18.5 Å². The molecule has 0 bridgehead atoms. The largest absolute Gasteiger partial charge is 0.418 e. The van der Waals surface area contributed by atoms with Crippen molar-refractivity contribution < 1.29 is 39.5 Å². The summed E-state index contributed by atoms with van der Waals surface area (Å²) >= 11 is 0.